The molecule has 0 fully saturated rings. The Balaban J connectivity index is 1.15. The SMILES string of the molecule is [2H]c1c([2H])c([2H])c(-c2cnc(-n3c4ccccc4c4ccc(Oc5cccc(-n6[c-][n+](-c7c(C(C)(C)C)cc(C(C)(C)C)cc7C(C)(C)C)c7ccc(-c8cc(C(C)(C)C)cc(C(C)(C)C)c8)cc76)c5)cc43)cc2C([2H])([2H])[2H])c([2H])c1[2H]. The summed E-state index contributed by atoms with van der Waals surface area (Å²) in [6.45, 7) is 31.5. The van der Waals surface area contributed by atoms with E-state index in [1.165, 1.54) is 40.1 Å². The molecule has 0 bridgehead atoms. The fourth-order valence-corrected chi connectivity index (χ4v) is 9.99. The molecule has 0 atom stereocenters. The fourth-order valence-electron chi connectivity index (χ4n) is 9.99. The minimum Gasteiger partial charge on any atom is -0.458 e. The van der Waals surface area contributed by atoms with Crippen molar-refractivity contribution in [2.75, 3.05) is 0 Å². The van der Waals surface area contributed by atoms with Gasteiger partial charge >= 0.3 is 0 Å². The molecule has 0 amide bonds. The minimum absolute atomic E-state index is 0.0629. The summed E-state index contributed by atoms with van der Waals surface area (Å²) in [5.74, 6) is 1.37. The third kappa shape index (κ3) is 9.47. The molecule has 5 heteroatoms. The Morgan fingerprint density at radius 1 is 0.527 bits per heavy atom. The number of nitrogens with zero attached hydrogens (tertiary/aromatic N) is 4. The molecule has 74 heavy (non-hydrogen) atoms. The summed E-state index contributed by atoms with van der Waals surface area (Å²) in [6, 6.07) is 39.0. The molecule has 0 aliphatic rings. The largest absolute Gasteiger partial charge is 0.458 e. The van der Waals surface area contributed by atoms with E-state index in [2.05, 4.69) is 174 Å². The average Bonchev–Trinajstić information content (AvgIpc) is 2.50. The van der Waals surface area contributed by atoms with Gasteiger partial charge in [-0.15, -0.1) is 0 Å². The number of aromatic nitrogens is 4. The van der Waals surface area contributed by atoms with Crippen LogP contribution < -0.4 is 9.30 Å². The zero-order valence-electron chi connectivity index (χ0n) is 53.8. The van der Waals surface area contributed by atoms with Crippen molar-refractivity contribution in [3.8, 4) is 50.9 Å². The lowest BCUT2D eigenvalue weighted by Gasteiger charge is -2.34. The Kier molecular flexibility index (Phi) is 10.0. The molecule has 0 radical (unpaired) electrons. The highest BCUT2D eigenvalue weighted by Gasteiger charge is 2.32. The molecule has 5 nitrogen and oxygen atoms in total. The Bertz CT molecular complexity index is 4110. The van der Waals surface area contributed by atoms with Crippen molar-refractivity contribution in [1.82, 2.24) is 14.1 Å². The second-order valence-corrected chi connectivity index (χ2v) is 25.2. The van der Waals surface area contributed by atoms with Gasteiger partial charge in [-0.05, 0) is 133 Å². The van der Waals surface area contributed by atoms with Crippen LogP contribution in [0.4, 0.5) is 0 Å². The van der Waals surface area contributed by atoms with Crippen molar-refractivity contribution < 1.29 is 20.3 Å². The third-order valence-electron chi connectivity index (χ3n) is 14.3. The molecule has 0 aliphatic heterocycles. The Labute approximate surface area is 451 Å². The number of aryl methyl sites for hydroxylation is 1. The van der Waals surface area contributed by atoms with E-state index in [9.17, 15) is 0 Å². The van der Waals surface area contributed by atoms with Gasteiger partial charge in [0.1, 0.15) is 17.3 Å². The van der Waals surface area contributed by atoms with Gasteiger partial charge in [0, 0.05) is 32.7 Å². The van der Waals surface area contributed by atoms with E-state index >= 15 is 0 Å². The van der Waals surface area contributed by atoms with Gasteiger partial charge in [-0.25, -0.2) is 4.98 Å². The molecular formula is C69H74N4O. The van der Waals surface area contributed by atoms with Crippen LogP contribution in [0.2, 0.25) is 0 Å². The molecule has 376 valence electrons. The van der Waals surface area contributed by atoms with E-state index in [0.29, 0.717) is 17.0 Å². The van der Waals surface area contributed by atoms with Crippen LogP contribution >= 0.6 is 0 Å². The minimum atomic E-state index is -2.74. The summed E-state index contributed by atoms with van der Waals surface area (Å²) in [7, 11) is 0. The number of benzene rings is 7. The van der Waals surface area contributed by atoms with Crippen LogP contribution in [0.25, 0.3) is 72.3 Å². The Morgan fingerprint density at radius 3 is 1.78 bits per heavy atom. The first-order valence-electron chi connectivity index (χ1n) is 29.8. The van der Waals surface area contributed by atoms with Gasteiger partial charge in [-0.2, -0.15) is 0 Å². The van der Waals surface area contributed by atoms with E-state index in [-0.39, 0.29) is 49.6 Å². The fraction of sp³-hybridized carbons (Fsp3) is 0.304. The van der Waals surface area contributed by atoms with Crippen molar-refractivity contribution in [2.45, 2.75) is 138 Å². The monoisotopic (exact) mass is 983 g/mol. The van der Waals surface area contributed by atoms with Crippen LogP contribution in [-0.2, 0) is 27.1 Å². The summed E-state index contributed by atoms with van der Waals surface area (Å²) in [5.41, 5.74) is 12.8. The summed E-state index contributed by atoms with van der Waals surface area (Å²) < 4.78 is 81.3. The van der Waals surface area contributed by atoms with Crippen LogP contribution in [0.3, 0.4) is 0 Å². The van der Waals surface area contributed by atoms with Crippen LogP contribution in [0.1, 0.15) is 148 Å². The van der Waals surface area contributed by atoms with Crippen molar-refractivity contribution >= 4 is 32.8 Å². The Hall–Kier alpha value is -7.24. The highest BCUT2D eigenvalue weighted by atomic mass is 16.5. The number of ether oxygens (including phenoxy) is 1. The summed E-state index contributed by atoms with van der Waals surface area (Å²) in [5, 5.41) is 1.78. The average molecular weight is 983 g/mol. The standard InChI is InChI=1S/C69H74N4O/c1-44-33-63(70-42-56(44)45-23-18-17-19-24-45)73-59-28-21-20-27-54(59)55-31-30-53(41-61(55)73)74-52-26-22-25-51(40-52)71-43-72(64-57(68(11,12)13)38-50(67(8,9)10)39-58(64)69(14,15)16)60-32-29-46(36-62(60)71)47-34-48(65(2,3)4)37-49(35-47)66(5,6)7/h17-42H,1-16H3/i1D3,17D,18D,19D,23D,24D. The molecule has 0 unspecified atom stereocenters. The summed E-state index contributed by atoms with van der Waals surface area (Å²) >= 11 is 0. The number of hydrogen-bond acceptors (Lipinski definition) is 2. The van der Waals surface area contributed by atoms with Crippen LogP contribution in [-0.4, -0.2) is 14.1 Å². The molecule has 0 saturated carbocycles. The van der Waals surface area contributed by atoms with Crippen molar-refractivity contribution in [2.24, 2.45) is 0 Å². The van der Waals surface area contributed by atoms with Crippen LogP contribution in [0.15, 0.2) is 158 Å². The summed E-state index contributed by atoms with van der Waals surface area (Å²) in [4.78, 5) is 4.78. The van der Waals surface area contributed by atoms with Crippen molar-refractivity contribution in [3.63, 3.8) is 0 Å². The number of rotatable bonds is 7. The molecule has 0 spiro atoms. The lowest BCUT2D eigenvalue weighted by molar-refractivity contribution is -0.574. The van der Waals surface area contributed by atoms with E-state index in [1.807, 2.05) is 65.2 Å². The predicted octanol–water partition coefficient (Wildman–Crippen LogP) is 18.1. The number of pyridine rings is 1. The number of para-hydroxylation sites is 1. The van der Waals surface area contributed by atoms with Gasteiger partial charge in [-0.3, -0.25) is 13.7 Å². The molecule has 10 aromatic rings. The topological polar surface area (TPSA) is 35.9 Å². The second kappa shape index (κ2) is 18.0. The van der Waals surface area contributed by atoms with Crippen molar-refractivity contribution in [3.05, 3.63) is 197 Å². The third-order valence-corrected chi connectivity index (χ3v) is 14.3. The number of imidazole rings is 1. The van der Waals surface area contributed by atoms with Gasteiger partial charge in [-0.1, -0.05) is 201 Å². The smallest absolute Gasteiger partial charge is 0.269 e. The molecule has 0 aliphatic carbocycles. The lowest BCUT2D eigenvalue weighted by atomic mass is 9.74. The zero-order valence-corrected chi connectivity index (χ0v) is 45.8. The van der Waals surface area contributed by atoms with Gasteiger partial charge in [0.25, 0.3) is 6.33 Å². The number of fused-ring (bicyclic) bond motifs is 4. The summed E-state index contributed by atoms with van der Waals surface area (Å²) in [6.07, 6.45) is 5.23. The first kappa shape index (κ1) is 41.1. The van der Waals surface area contributed by atoms with Crippen molar-refractivity contribution in [1.29, 1.82) is 0 Å². The first-order chi connectivity index (χ1) is 38.0. The quantitative estimate of drug-likeness (QED) is 0.118. The number of hydrogen-bond donors (Lipinski definition) is 0. The van der Waals surface area contributed by atoms with Gasteiger partial charge in [0.05, 0.1) is 40.3 Å². The van der Waals surface area contributed by atoms with Gasteiger partial charge < -0.3 is 4.74 Å². The Morgan fingerprint density at radius 2 is 1.15 bits per heavy atom. The molecule has 3 heterocycles. The van der Waals surface area contributed by atoms with Gasteiger partial charge in [0.15, 0.2) is 0 Å². The van der Waals surface area contributed by atoms with E-state index in [1.54, 1.807) is 0 Å². The predicted molar refractivity (Wildman–Crippen MR) is 311 cm³/mol. The molecule has 3 aromatic heterocycles. The maximum absolute atomic E-state index is 8.69. The maximum atomic E-state index is 8.69. The van der Waals surface area contributed by atoms with E-state index in [4.69, 9.17) is 20.7 Å². The maximum Gasteiger partial charge on any atom is 0.269 e. The lowest BCUT2D eigenvalue weighted by Crippen LogP contribution is -2.38. The normalized spacial score (nSPS) is 14.6. The van der Waals surface area contributed by atoms with Crippen LogP contribution in [0, 0.1) is 13.2 Å². The molecule has 0 saturated heterocycles. The van der Waals surface area contributed by atoms with E-state index in [0.717, 1.165) is 49.8 Å². The first-order valence-corrected chi connectivity index (χ1v) is 25.8. The van der Waals surface area contributed by atoms with Crippen LogP contribution in [0.5, 0.6) is 11.5 Å². The van der Waals surface area contributed by atoms with E-state index < -0.39 is 37.1 Å². The molecule has 0 N–H and O–H groups in total. The highest BCUT2D eigenvalue weighted by molar-refractivity contribution is 6.09. The molecular weight excluding hydrogens is 901 g/mol. The zero-order chi connectivity index (χ0) is 59.7. The molecule has 10 rings (SSSR count). The molecule has 7 aromatic carbocycles. The second-order valence-electron chi connectivity index (χ2n) is 25.2. The highest BCUT2D eigenvalue weighted by Crippen LogP contribution is 2.42. The van der Waals surface area contributed by atoms with Gasteiger partial charge in [0.2, 0.25) is 0 Å².